The van der Waals surface area contributed by atoms with Crippen molar-refractivity contribution in [3.63, 3.8) is 0 Å². The van der Waals surface area contributed by atoms with E-state index >= 15 is 0 Å². The van der Waals surface area contributed by atoms with Crippen LogP contribution in [0.2, 0.25) is 0 Å². The number of esters is 2. The maximum absolute atomic E-state index is 12.0. The van der Waals surface area contributed by atoms with Crippen molar-refractivity contribution >= 4 is 23.5 Å². The van der Waals surface area contributed by atoms with Gasteiger partial charge in [-0.3, -0.25) is 9.59 Å². The number of carbonyl (C=O) groups is 2. The molecule has 0 bridgehead atoms. The first-order valence-electron chi connectivity index (χ1n) is 6.46. The molecule has 1 aromatic carbocycles. The third-order valence-electron chi connectivity index (χ3n) is 2.98. The number of hydrogen-bond acceptors (Lipinski definition) is 5. The van der Waals surface area contributed by atoms with Gasteiger partial charge in [0.15, 0.2) is 0 Å². The van der Waals surface area contributed by atoms with Crippen LogP contribution in [0, 0.1) is 5.41 Å². The van der Waals surface area contributed by atoms with Crippen LogP contribution >= 0.6 is 11.6 Å². The molecular formula is C15H19ClO5. The Kier molecular flexibility index (Phi) is 6.65. The second kappa shape index (κ2) is 8.00. The normalized spacial score (nSPS) is 13.3. The third-order valence-corrected chi connectivity index (χ3v) is 3.29. The minimum absolute atomic E-state index is 0.0804. The van der Waals surface area contributed by atoms with E-state index in [-0.39, 0.29) is 13.2 Å². The first-order chi connectivity index (χ1) is 9.91. The quantitative estimate of drug-likeness (QED) is 0.616. The zero-order valence-corrected chi connectivity index (χ0v) is 12.9. The molecule has 0 saturated heterocycles. The molecule has 0 aromatic heterocycles. The van der Waals surface area contributed by atoms with E-state index in [1.165, 1.54) is 13.8 Å². The molecule has 0 aliphatic heterocycles. The number of aliphatic hydroxyl groups is 1. The molecule has 6 heteroatoms. The zero-order chi connectivity index (χ0) is 15.9. The number of aliphatic hydroxyl groups excluding tert-OH is 1. The minimum Gasteiger partial charge on any atom is -0.465 e. The average molecular weight is 315 g/mol. The van der Waals surface area contributed by atoms with E-state index in [0.29, 0.717) is 5.88 Å². The average Bonchev–Trinajstić information content (AvgIpc) is 2.50. The van der Waals surface area contributed by atoms with Crippen LogP contribution < -0.4 is 0 Å². The van der Waals surface area contributed by atoms with Gasteiger partial charge in [-0.2, -0.15) is 0 Å². The Hall–Kier alpha value is -1.59. The van der Waals surface area contributed by atoms with Crippen LogP contribution in [0.25, 0.3) is 0 Å². The van der Waals surface area contributed by atoms with Gasteiger partial charge in [0.2, 0.25) is 0 Å². The Labute approximate surface area is 128 Å². The molecule has 1 N–H and O–H groups in total. The molecule has 1 rings (SSSR count). The summed E-state index contributed by atoms with van der Waals surface area (Å²) in [4.78, 5) is 22.8. The van der Waals surface area contributed by atoms with Gasteiger partial charge in [-0.25, -0.2) is 0 Å². The fraction of sp³-hybridized carbons (Fsp3) is 0.467. The first-order valence-corrected chi connectivity index (χ1v) is 7.00. The summed E-state index contributed by atoms with van der Waals surface area (Å²) in [5, 5.41) is 9.33. The van der Waals surface area contributed by atoms with E-state index in [0.717, 1.165) is 11.1 Å². The SMILES string of the molecule is CC(=O)OCC(C)(CO)C(=O)OCc1ccc(CCl)cc1. The van der Waals surface area contributed by atoms with Crippen molar-refractivity contribution in [3.8, 4) is 0 Å². The second-order valence-electron chi connectivity index (χ2n) is 5.03. The van der Waals surface area contributed by atoms with Gasteiger partial charge in [0.05, 0.1) is 6.61 Å². The largest absolute Gasteiger partial charge is 0.465 e. The highest BCUT2D eigenvalue weighted by Gasteiger charge is 2.36. The molecule has 21 heavy (non-hydrogen) atoms. The number of hydrogen-bond donors (Lipinski definition) is 1. The fourth-order valence-corrected chi connectivity index (χ4v) is 1.66. The predicted octanol–water partition coefficient (Wildman–Crippen LogP) is 2.03. The molecule has 1 atom stereocenters. The van der Waals surface area contributed by atoms with Crippen molar-refractivity contribution in [2.75, 3.05) is 13.2 Å². The first kappa shape index (κ1) is 17.5. The number of rotatable bonds is 7. The summed E-state index contributed by atoms with van der Waals surface area (Å²) in [5.41, 5.74) is 0.522. The summed E-state index contributed by atoms with van der Waals surface area (Å²) in [7, 11) is 0. The van der Waals surface area contributed by atoms with E-state index in [2.05, 4.69) is 0 Å². The lowest BCUT2D eigenvalue weighted by Gasteiger charge is -2.24. The van der Waals surface area contributed by atoms with Crippen LogP contribution in [0.15, 0.2) is 24.3 Å². The highest BCUT2D eigenvalue weighted by Crippen LogP contribution is 2.19. The van der Waals surface area contributed by atoms with Crippen molar-refractivity contribution in [1.82, 2.24) is 0 Å². The predicted molar refractivity (Wildman–Crippen MR) is 77.6 cm³/mol. The Balaban J connectivity index is 2.58. The van der Waals surface area contributed by atoms with Crippen LogP contribution in [0.3, 0.4) is 0 Å². The van der Waals surface area contributed by atoms with Crippen LogP contribution in [0.1, 0.15) is 25.0 Å². The van der Waals surface area contributed by atoms with Gasteiger partial charge in [0.1, 0.15) is 18.6 Å². The third kappa shape index (κ3) is 5.36. The van der Waals surface area contributed by atoms with Gasteiger partial charge in [-0.1, -0.05) is 24.3 Å². The topological polar surface area (TPSA) is 72.8 Å². The van der Waals surface area contributed by atoms with E-state index in [1.807, 2.05) is 24.3 Å². The summed E-state index contributed by atoms with van der Waals surface area (Å²) in [5.74, 6) is -0.711. The monoisotopic (exact) mass is 314 g/mol. The van der Waals surface area contributed by atoms with Crippen molar-refractivity contribution < 1.29 is 24.2 Å². The lowest BCUT2D eigenvalue weighted by Crippen LogP contribution is -2.38. The molecule has 0 fully saturated rings. The van der Waals surface area contributed by atoms with Crippen molar-refractivity contribution in [2.45, 2.75) is 26.3 Å². The Morgan fingerprint density at radius 3 is 2.24 bits per heavy atom. The van der Waals surface area contributed by atoms with Gasteiger partial charge >= 0.3 is 11.9 Å². The van der Waals surface area contributed by atoms with Crippen molar-refractivity contribution in [3.05, 3.63) is 35.4 Å². The lowest BCUT2D eigenvalue weighted by atomic mass is 9.93. The Morgan fingerprint density at radius 2 is 1.76 bits per heavy atom. The molecule has 0 aliphatic rings. The molecule has 0 spiro atoms. The summed E-state index contributed by atoms with van der Waals surface area (Å²) in [6.45, 7) is 2.11. The molecule has 0 saturated carbocycles. The van der Waals surface area contributed by atoms with Crippen molar-refractivity contribution in [2.24, 2.45) is 5.41 Å². The molecule has 1 unspecified atom stereocenters. The molecule has 0 radical (unpaired) electrons. The van der Waals surface area contributed by atoms with Gasteiger partial charge in [-0.15, -0.1) is 11.6 Å². The van der Waals surface area contributed by atoms with Gasteiger partial charge in [0.25, 0.3) is 0 Å². The molecule has 0 aliphatic carbocycles. The number of ether oxygens (including phenoxy) is 2. The smallest absolute Gasteiger partial charge is 0.317 e. The molecule has 1 aromatic rings. The Bertz CT molecular complexity index is 485. The molecular weight excluding hydrogens is 296 g/mol. The number of benzene rings is 1. The van der Waals surface area contributed by atoms with E-state index in [9.17, 15) is 14.7 Å². The molecule has 116 valence electrons. The molecule has 5 nitrogen and oxygen atoms in total. The van der Waals surface area contributed by atoms with Crippen LogP contribution in [0.4, 0.5) is 0 Å². The standard InChI is InChI=1S/C15H19ClO5/c1-11(18)21-10-15(2,9-17)14(19)20-8-13-5-3-12(7-16)4-6-13/h3-6,17H,7-10H2,1-2H3. The summed E-state index contributed by atoms with van der Waals surface area (Å²) < 4.78 is 9.95. The number of halogens is 1. The van der Waals surface area contributed by atoms with Gasteiger partial charge in [0, 0.05) is 12.8 Å². The zero-order valence-electron chi connectivity index (χ0n) is 12.1. The Morgan fingerprint density at radius 1 is 1.19 bits per heavy atom. The van der Waals surface area contributed by atoms with Gasteiger partial charge < -0.3 is 14.6 Å². The highest BCUT2D eigenvalue weighted by atomic mass is 35.5. The number of carbonyl (C=O) groups excluding carboxylic acids is 2. The summed E-state index contributed by atoms with van der Waals surface area (Å²) in [6.07, 6.45) is 0. The van der Waals surface area contributed by atoms with Gasteiger partial charge in [-0.05, 0) is 18.1 Å². The van der Waals surface area contributed by atoms with Crippen LogP contribution in [0.5, 0.6) is 0 Å². The maximum atomic E-state index is 12.0. The summed E-state index contributed by atoms with van der Waals surface area (Å²) in [6, 6.07) is 7.32. The second-order valence-corrected chi connectivity index (χ2v) is 5.29. The van der Waals surface area contributed by atoms with E-state index < -0.39 is 24.0 Å². The van der Waals surface area contributed by atoms with Crippen LogP contribution in [-0.2, 0) is 31.5 Å². The molecule has 0 heterocycles. The maximum Gasteiger partial charge on any atom is 0.317 e. The summed E-state index contributed by atoms with van der Waals surface area (Å²) >= 11 is 5.69. The molecule has 0 amide bonds. The minimum atomic E-state index is -1.26. The fourth-order valence-electron chi connectivity index (χ4n) is 1.48. The highest BCUT2D eigenvalue weighted by molar-refractivity contribution is 6.17. The lowest BCUT2D eigenvalue weighted by molar-refractivity contribution is -0.166. The van der Waals surface area contributed by atoms with Crippen molar-refractivity contribution in [1.29, 1.82) is 0 Å². The van der Waals surface area contributed by atoms with E-state index in [1.54, 1.807) is 0 Å². The van der Waals surface area contributed by atoms with Crippen LogP contribution in [-0.4, -0.2) is 30.3 Å². The van der Waals surface area contributed by atoms with E-state index in [4.69, 9.17) is 21.1 Å². The number of alkyl halides is 1.